The van der Waals surface area contributed by atoms with Crippen LogP contribution in [0.2, 0.25) is 0 Å². The van der Waals surface area contributed by atoms with Crippen LogP contribution in [-0.2, 0) is 24.0 Å². The van der Waals surface area contributed by atoms with Gasteiger partial charge in [-0.05, 0) is 42.0 Å². The van der Waals surface area contributed by atoms with Crippen molar-refractivity contribution in [2.24, 2.45) is 0 Å². The van der Waals surface area contributed by atoms with Gasteiger partial charge in [0.1, 0.15) is 0 Å². The Balaban J connectivity index is 1.24. The Morgan fingerprint density at radius 2 is 1.86 bits per heavy atom. The van der Waals surface area contributed by atoms with Crippen LogP contribution in [0.5, 0.6) is 0 Å². The Hall–Kier alpha value is -3.72. The number of nitrogens with zero attached hydrogens (tertiary/aromatic N) is 2. The first kappa shape index (κ1) is 25.4. The fourth-order valence-corrected chi connectivity index (χ4v) is 4.46. The van der Waals surface area contributed by atoms with Crippen LogP contribution in [-0.4, -0.2) is 53.2 Å². The van der Waals surface area contributed by atoms with Crippen LogP contribution in [0, 0.1) is 0 Å². The van der Waals surface area contributed by atoms with Crippen molar-refractivity contribution >= 4 is 35.5 Å². The van der Waals surface area contributed by atoms with E-state index in [4.69, 9.17) is 4.84 Å². The number of carbonyl (C=O) groups excluding carboxylic acids is 4. The lowest BCUT2D eigenvalue weighted by atomic mass is 9.94. The number of benzene rings is 1. The number of aliphatic hydroxyl groups excluding tert-OH is 1. The van der Waals surface area contributed by atoms with Crippen LogP contribution in [0.4, 0.5) is 5.69 Å². The maximum Gasteiger partial charge on any atom is 0.332 e. The van der Waals surface area contributed by atoms with Gasteiger partial charge in [-0.15, -0.1) is 5.06 Å². The van der Waals surface area contributed by atoms with Gasteiger partial charge in [0.15, 0.2) is 6.23 Å². The molecule has 0 aromatic heterocycles. The SMILES string of the molecule is O=C(CCCC(=O)ON1C(=O)CCC1O)NCCC(=O)N1CC2=C(C=Cc3ccccc31)CCC=C2. The summed E-state index contributed by atoms with van der Waals surface area (Å²) in [6.07, 6.45) is 9.98. The summed E-state index contributed by atoms with van der Waals surface area (Å²) in [5, 5.41) is 13.1. The number of rotatable bonds is 8. The van der Waals surface area contributed by atoms with E-state index in [0.29, 0.717) is 11.6 Å². The first-order valence-corrected chi connectivity index (χ1v) is 12.4. The average Bonchev–Trinajstić information content (AvgIpc) is 3.17. The summed E-state index contributed by atoms with van der Waals surface area (Å²) in [7, 11) is 0. The van der Waals surface area contributed by atoms with Gasteiger partial charge >= 0.3 is 5.97 Å². The lowest BCUT2D eigenvalue weighted by molar-refractivity contribution is -0.220. The molecule has 190 valence electrons. The quantitative estimate of drug-likeness (QED) is 0.575. The van der Waals surface area contributed by atoms with Gasteiger partial charge in [0, 0.05) is 38.6 Å². The maximum atomic E-state index is 13.2. The van der Waals surface area contributed by atoms with Gasteiger partial charge in [0.2, 0.25) is 11.8 Å². The number of nitrogens with one attached hydrogen (secondary N) is 1. The molecule has 0 radical (unpaired) electrons. The van der Waals surface area contributed by atoms with Crippen molar-refractivity contribution in [3.63, 3.8) is 0 Å². The largest absolute Gasteiger partial charge is 0.370 e. The Morgan fingerprint density at radius 1 is 1.03 bits per heavy atom. The molecule has 0 spiro atoms. The molecule has 0 bridgehead atoms. The van der Waals surface area contributed by atoms with E-state index in [2.05, 4.69) is 29.6 Å². The minimum absolute atomic E-state index is 0.0636. The first-order chi connectivity index (χ1) is 17.4. The molecule has 1 aliphatic carbocycles. The number of anilines is 1. The van der Waals surface area contributed by atoms with E-state index in [1.807, 2.05) is 24.3 Å². The van der Waals surface area contributed by atoms with E-state index in [-0.39, 0.29) is 56.9 Å². The molecule has 2 heterocycles. The highest BCUT2D eigenvalue weighted by atomic mass is 16.7. The molecule has 9 heteroatoms. The fourth-order valence-electron chi connectivity index (χ4n) is 4.46. The highest BCUT2D eigenvalue weighted by molar-refractivity contribution is 5.96. The van der Waals surface area contributed by atoms with Crippen molar-refractivity contribution in [2.45, 2.75) is 57.6 Å². The van der Waals surface area contributed by atoms with E-state index in [1.165, 1.54) is 5.57 Å². The van der Waals surface area contributed by atoms with E-state index >= 15 is 0 Å². The molecule has 1 aromatic carbocycles. The normalized spacial score (nSPS) is 18.9. The fraction of sp³-hybridized carbons (Fsp3) is 0.407. The molecule has 9 nitrogen and oxygen atoms in total. The summed E-state index contributed by atoms with van der Waals surface area (Å²) >= 11 is 0. The number of hydroxylamine groups is 2. The number of amides is 3. The Kier molecular flexibility index (Phi) is 8.32. The molecule has 1 saturated heterocycles. The van der Waals surface area contributed by atoms with Gasteiger partial charge in [-0.2, -0.15) is 0 Å². The highest BCUT2D eigenvalue weighted by Gasteiger charge is 2.32. The number of fused-ring (bicyclic) bond motifs is 1. The lowest BCUT2D eigenvalue weighted by Crippen LogP contribution is -2.37. The second kappa shape index (κ2) is 11.8. The highest BCUT2D eigenvalue weighted by Crippen LogP contribution is 2.30. The minimum Gasteiger partial charge on any atom is -0.370 e. The van der Waals surface area contributed by atoms with Crippen molar-refractivity contribution in [1.29, 1.82) is 0 Å². The number of hydrogen-bond donors (Lipinski definition) is 2. The van der Waals surface area contributed by atoms with Crippen molar-refractivity contribution < 1.29 is 29.1 Å². The predicted octanol–water partition coefficient (Wildman–Crippen LogP) is 2.77. The van der Waals surface area contributed by atoms with Gasteiger partial charge in [-0.3, -0.25) is 14.4 Å². The van der Waals surface area contributed by atoms with Crippen LogP contribution in [0.25, 0.3) is 6.08 Å². The summed E-state index contributed by atoms with van der Waals surface area (Å²) in [4.78, 5) is 55.5. The van der Waals surface area contributed by atoms with E-state index < -0.39 is 18.1 Å². The van der Waals surface area contributed by atoms with E-state index in [9.17, 15) is 24.3 Å². The smallest absolute Gasteiger partial charge is 0.332 e. The van der Waals surface area contributed by atoms with E-state index in [1.54, 1.807) is 4.90 Å². The zero-order valence-corrected chi connectivity index (χ0v) is 20.2. The molecular weight excluding hydrogens is 462 g/mol. The van der Waals surface area contributed by atoms with Crippen LogP contribution >= 0.6 is 0 Å². The van der Waals surface area contributed by atoms with Crippen LogP contribution in [0.3, 0.4) is 0 Å². The van der Waals surface area contributed by atoms with Gasteiger partial charge in [-0.1, -0.05) is 42.5 Å². The number of hydrogen-bond acceptors (Lipinski definition) is 6. The van der Waals surface area contributed by atoms with Gasteiger partial charge in [-0.25, -0.2) is 4.79 Å². The second-order valence-corrected chi connectivity index (χ2v) is 9.02. The van der Waals surface area contributed by atoms with Gasteiger partial charge in [0.05, 0.1) is 12.2 Å². The zero-order valence-electron chi connectivity index (χ0n) is 20.2. The molecule has 3 aliphatic rings. The van der Waals surface area contributed by atoms with Crippen LogP contribution in [0.15, 0.2) is 53.6 Å². The summed E-state index contributed by atoms with van der Waals surface area (Å²) in [6, 6.07) is 7.78. The molecule has 3 amide bonds. The standard InChI is InChI=1S/C27H31N3O6/c31-23(10-5-11-27(35)36-30-25(33)14-15-26(30)34)28-17-16-24(32)29-18-21-8-2-1-6-19(21)12-13-20-7-3-4-9-22(20)29/h2-4,7-9,12-13,25,33H,1,5-6,10-11,14-18H2,(H,28,31). The number of allylic oxidation sites excluding steroid dienone is 3. The minimum atomic E-state index is -1.11. The molecule has 0 saturated carbocycles. The monoisotopic (exact) mass is 493 g/mol. The van der Waals surface area contributed by atoms with Gasteiger partial charge < -0.3 is 20.2 Å². The third-order valence-electron chi connectivity index (χ3n) is 6.41. The van der Waals surface area contributed by atoms with Crippen molar-refractivity contribution in [2.75, 3.05) is 18.0 Å². The van der Waals surface area contributed by atoms with Crippen molar-refractivity contribution in [3.05, 3.63) is 59.2 Å². The van der Waals surface area contributed by atoms with E-state index in [0.717, 1.165) is 29.7 Å². The molecule has 1 fully saturated rings. The first-order valence-electron chi connectivity index (χ1n) is 12.4. The number of carbonyl (C=O) groups is 4. The molecule has 1 aromatic rings. The zero-order chi connectivity index (χ0) is 25.5. The summed E-state index contributed by atoms with van der Waals surface area (Å²) < 4.78 is 0. The molecule has 2 aliphatic heterocycles. The van der Waals surface area contributed by atoms with Crippen molar-refractivity contribution in [3.8, 4) is 0 Å². The van der Waals surface area contributed by atoms with Crippen LogP contribution < -0.4 is 10.2 Å². The molecule has 1 atom stereocenters. The Labute approximate surface area is 210 Å². The topological polar surface area (TPSA) is 116 Å². The third kappa shape index (κ3) is 6.28. The maximum absolute atomic E-state index is 13.2. The second-order valence-electron chi connectivity index (χ2n) is 9.02. The molecular formula is C27H31N3O6. The summed E-state index contributed by atoms with van der Waals surface area (Å²) in [6.45, 7) is 0.670. The predicted molar refractivity (Wildman–Crippen MR) is 133 cm³/mol. The third-order valence-corrected chi connectivity index (χ3v) is 6.41. The number of aliphatic hydroxyl groups is 1. The Bertz CT molecular complexity index is 1120. The number of para-hydroxylation sites is 1. The Morgan fingerprint density at radius 3 is 2.67 bits per heavy atom. The van der Waals surface area contributed by atoms with Crippen LogP contribution in [0.1, 0.15) is 56.9 Å². The molecule has 2 N–H and O–H groups in total. The van der Waals surface area contributed by atoms with Gasteiger partial charge in [0.25, 0.3) is 5.91 Å². The molecule has 1 unspecified atom stereocenters. The summed E-state index contributed by atoms with van der Waals surface area (Å²) in [5.74, 6) is -1.48. The average molecular weight is 494 g/mol. The van der Waals surface area contributed by atoms with Crippen molar-refractivity contribution in [1.82, 2.24) is 10.4 Å². The summed E-state index contributed by atoms with van der Waals surface area (Å²) in [5.41, 5.74) is 4.18. The molecule has 4 rings (SSSR count). The molecule has 36 heavy (non-hydrogen) atoms. The lowest BCUT2D eigenvalue weighted by Gasteiger charge is -2.28.